The van der Waals surface area contributed by atoms with Gasteiger partial charge in [0.05, 0.1) is 0 Å². The van der Waals surface area contributed by atoms with Gasteiger partial charge in [-0.1, -0.05) is 0 Å². The number of rotatable bonds is 3. The summed E-state index contributed by atoms with van der Waals surface area (Å²) in [5.41, 5.74) is 0.447. The quantitative estimate of drug-likeness (QED) is 0.913. The standard InChI is InChI=1S/C10H13BrN2O3/c1-6(10(15)16)13(3)9(14)8-4-7(11)5-12(8)2/h4-6H,1-3H3,(H,15,16). The Kier molecular flexibility index (Phi) is 3.74. The van der Waals surface area contributed by atoms with Crippen LogP contribution in [0.2, 0.25) is 0 Å². The summed E-state index contributed by atoms with van der Waals surface area (Å²) in [5.74, 6) is -1.34. The fourth-order valence-corrected chi connectivity index (χ4v) is 1.78. The first-order chi connectivity index (χ1) is 7.34. The number of nitrogens with zero attached hydrogens (tertiary/aromatic N) is 2. The van der Waals surface area contributed by atoms with E-state index in [1.165, 1.54) is 18.9 Å². The van der Waals surface area contributed by atoms with Crippen molar-refractivity contribution in [3.05, 3.63) is 22.4 Å². The second kappa shape index (κ2) is 4.69. The Morgan fingerprint density at radius 1 is 1.56 bits per heavy atom. The predicted molar refractivity (Wildman–Crippen MR) is 62.3 cm³/mol. The lowest BCUT2D eigenvalue weighted by molar-refractivity contribution is -0.141. The van der Waals surface area contributed by atoms with Crippen molar-refractivity contribution in [3.8, 4) is 0 Å². The fraction of sp³-hybridized carbons (Fsp3) is 0.400. The first kappa shape index (κ1) is 12.8. The smallest absolute Gasteiger partial charge is 0.326 e. The van der Waals surface area contributed by atoms with E-state index in [0.717, 1.165) is 4.47 Å². The van der Waals surface area contributed by atoms with Gasteiger partial charge in [0, 0.05) is 24.8 Å². The van der Waals surface area contributed by atoms with Gasteiger partial charge >= 0.3 is 5.97 Å². The van der Waals surface area contributed by atoms with Gasteiger partial charge in [-0.25, -0.2) is 4.79 Å². The first-order valence-corrected chi connectivity index (χ1v) is 5.45. The third-order valence-electron chi connectivity index (χ3n) is 2.45. The number of carbonyl (C=O) groups excluding carboxylic acids is 1. The van der Waals surface area contributed by atoms with E-state index in [4.69, 9.17) is 5.11 Å². The topological polar surface area (TPSA) is 62.5 Å². The lowest BCUT2D eigenvalue weighted by atomic mass is 10.2. The van der Waals surface area contributed by atoms with Crippen LogP contribution in [-0.4, -0.2) is 39.5 Å². The van der Waals surface area contributed by atoms with Crippen molar-refractivity contribution in [1.29, 1.82) is 0 Å². The van der Waals surface area contributed by atoms with Crippen molar-refractivity contribution in [2.75, 3.05) is 7.05 Å². The molecule has 6 heteroatoms. The van der Waals surface area contributed by atoms with E-state index in [-0.39, 0.29) is 5.91 Å². The number of carboxylic acids is 1. The second-order valence-corrected chi connectivity index (χ2v) is 4.50. The molecule has 1 atom stereocenters. The first-order valence-electron chi connectivity index (χ1n) is 4.66. The van der Waals surface area contributed by atoms with E-state index in [1.807, 2.05) is 0 Å². The Morgan fingerprint density at radius 3 is 2.50 bits per heavy atom. The molecule has 1 heterocycles. The van der Waals surface area contributed by atoms with Crippen LogP contribution in [0.3, 0.4) is 0 Å². The molecule has 1 unspecified atom stereocenters. The maximum atomic E-state index is 11.9. The van der Waals surface area contributed by atoms with E-state index in [0.29, 0.717) is 5.69 Å². The molecule has 0 saturated heterocycles. The molecule has 1 aromatic rings. The van der Waals surface area contributed by atoms with Crippen molar-refractivity contribution < 1.29 is 14.7 Å². The molecule has 0 radical (unpaired) electrons. The van der Waals surface area contributed by atoms with Crippen LogP contribution >= 0.6 is 15.9 Å². The van der Waals surface area contributed by atoms with Crippen LogP contribution in [0.15, 0.2) is 16.7 Å². The van der Waals surface area contributed by atoms with Crippen molar-refractivity contribution in [2.45, 2.75) is 13.0 Å². The number of aliphatic carboxylic acids is 1. The Bertz CT molecular complexity index is 428. The highest BCUT2D eigenvalue weighted by Crippen LogP contribution is 2.15. The number of carbonyl (C=O) groups is 2. The summed E-state index contributed by atoms with van der Waals surface area (Å²) in [7, 11) is 3.21. The Hall–Kier alpha value is -1.30. The van der Waals surface area contributed by atoms with Crippen LogP contribution in [0.1, 0.15) is 17.4 Å². The van der Waals surface area contributed by atoms with E-state index in [2.05, 4.69) is 15.9 Å². The SMILES string of the molecule is CC(C(=O)O)N(C)C(=O)c1cc(Br)cn1C. The minimum Gasteiger partial charge on any atom is -0.480 e. The number of hydrogen-bond donors (Lipinski definition) is 1. The highest BCUT2D eigenvalue weighted by Gasteiger charge is 2.24. The molecule has 0 aliphatic carbocycles. The molecule has 0 bridgehead atoms. The van der Waals surface area contributed by atoms with E-state index in [1.54, 1.807) is 23.9 Å². The van der Waals surface area contributed by atoms with Crippen LogP contribution in [0.5, 0.6) is 0 Å². The summed E-state index contributed by atoms with van der Waals surface area (Å²) in [6.07, 6.45) is 1.74. The average Bonchev–Trinajstić information content (AvgIpc) is 2.54. The molecule has 0 spiro atoms. The van der Waals surface area contributed by atoms with Crippen LogP contribution < -0.4 is 0 Å². The monoisotopic (exact) mass is 288 g/mol. The molecule has 1 amide bonds. The number of amides is 1. The largest absolute Gasteiger partial charge is 0.480 e. The van der Waals surface area contributed by atoms with E-state index >= 15 is 0 Å². The van der Waals surface area contributed by atoms with Gasteiger partial charge in [0.15, 0.2) is 0 Å². The van der Waals surface area contributed by atoms with E-state index in [9.17, 15) is 9.59 Å². The van der Waals surface area contributed by atoms with Gasteiger partial charge in [0.2, 0.25) is 0 Å². The summed E-state index contributed by atoms with van der Waals surface area (Å²) in [5, 5.41) is 8.81. The number of aryl methyl sites for hydroxylation is 1. The van der Waals surface area contributed by atoms with E-state index < -0.39 is 12.0 Å². The molecule has 0 aromatic carbocycles. The highest BCUT2D eigenvalue weighted by molar-refractivity contribution is 9.10. The van der Waals surface area contributed by atoms with Gasteiger partial charge in [-0.2, -0.15) is 0 Å². The van der Waals surface area contributed by atoms with Gasteiger partial charge in [0.1, 0.15) is 11.7 Å². The van der Waals surface area contributed by atoms with Crippen LogP contribution in [0, 0.1) is 0 Å². The third kappa shape index (κ3) is 2.44. The van der Waals surface area contributed by atoms with Gasteiger partial charge in [-0.05, 0) is 28.9 Å². The molecule has 16 heavy (non-hydrogen) atoms. The molecule has 1 aromatic heterocycles. The lowest BCUT2D eigenvalue weighted by Gasteiger charge is -2.21. The Morgan fingerprint density at radius 2 is 2.12 bits per heavy atom. The maximum absolute atomic E-state index is 11.9. The zero-order valence-electron chi connectivity index (χ0n) is 9.27. The molecule has 0 saturated carbocycles. The zero-order chi connectivity index (χ0) is 12.5. The Balaban J connectivity index is 2.94. The summed E-state index contributed by atoms with van der Waals surface area (Å²) in [6, 6.07) is 0.814. The third-order valence-corrected chi connectivity index (χ3v) is 2.88. The molecule has 1 N–H and O–H groups in total. The molecule has 88 valence electrons. The van der Waals surface area contributed by atoms with Gasteiger partial charge < -0.3 is 14.6 Å². The molecule has 0 fully saturated rings. The molecule has 5 nitrogen and oxygen atoms in total. The summed E-state index contributed by atoms with van der Waals surface area (Å²) >= 11 is 3.26. The number of aromatic nitrogens is 1. The average molecular weight is 289 g/mol. The number of hydrogen-bond acceptors (Lipinski definition) is 2. The summed E-state index contributed by atoms with van der Waals surface area (Å²) in [6.45, 7) is 1.47. The second-order valence-electron chi connectivity index (χ2n) is 3.58. The fourth-order valence-electron chi connectivity index (χ4n) is 1.26. The van der Waals surface area contributed by atoms with Gasteiger partial charge in [-0.3, -0.25) is 4.79 Å². The maximum Gasteiger partial charge on any atom is 0.326 e. The number of carboxylic acid groups (broad SMARTS) is 1. The molecular weight excluding hydrogens is 276 g/mol. The normalized spacial score (nSPS) is 12.2. The van der Waals surface area contributed by atoms with Gasteiger partial charge in [-0.15, -0.1) is 0 Å². The molecule has 1 rings (SSSR count). The molecular formula is C10H13BrN2O3. The summed E-state index contributed by atoms with van der Waals surface area (Å²) in [4.78, 5) is 23.9. The Labute approximate surface area is 102 Å². The highest BCUT2D eigenvalue weighted by atomic mass is 79.9. The number of halogens is 1. The predicted octanol–water partition coefficient (Wildman–Crippen LogP) is 1.33. The van der Waals surface area contributed by atoms with Crippen LogP contribution in [0.25, 0.3) is 0 Å². The van der Waals surface area contributed by atoms with Crippen molar-refractivity contribution >= 4 is 27.8 Å². The number of likely N-dealkylation sites (N-methyl/N-ethyl adjacent to an activating group) is 1. The van der Waals surface area contributed by atoms with Gasteiger partial charge in [0.25, 0.3) is 5.91 Å². The van der Waals surface area contributed by atoms with Crippen molar-refractivity contribution in [3.63, 3.8) is 0 Å². The van der Waals surface area contributed by atoms with Crippen molar-refractivity contribution in [2.24, 2.45) is 7.05 Å². The van der Waals surface area contributed by atoms with Crippen molar-refractivity contribution in [1.82, 2.24) is 9.47 Å². The molecule has 0 aliphatic rings. The zero-order valence-corrected chi connectivity index (χ0v) is 10.9. The minimum atomic E-state index is -1.02. The van der Waals surface area contributed by atoms with Crippen LogP contribution in [-0.2, 0) is 11.8 Å². The van der Waals surface area contributed by atoms with Crippen LogP contribution in [0.4, 0.5) is 0 Å². The molecule has 0 aliphatic heterocycles. The minimum absolute atomic E-state index is 0.317. The summed E-state index contributed by atoms with van der Waals surface area (Å²) < 4.78 is 2.44. The lowest BCUT2D eigenvalue weighted by Crippen LogP contribution is -2.40.